The fourth-order valence-electron chi connectivity index (χ4n) is 3.83. The molecule has 2 aromatic heterocycles. The van der Waals surface area contributed by atoms with Crippen LogP contribution in [0.3, 0.4) is 0 Å². The Labute approximate surface area is 196 Å². The van der Waals surface area contributed by atoms with Gasteiger partial charge in [0.1, 0.15) is 17.2 Å². The molecule has 0 unspecified atom stereocenters. The second-order valence-corrected chi connectivity index (χ2v) is 7.85. The lowest BCUT2D eigenvalue weighted by Crippen LogP contribution is -2.58. The Balaban J connectivity index is 2.04. The largest absolute Gasteiger partial charge is 0.382 e. The highest BCUT2D eigenvalue weighted by Gasteiger charge is 2.38. The van der Waals surface area contributed by atoms with Crippen molar-refractivity contribution in [2.45, 2.75) is 19.0 Å². The normalized spacial score (nSPS) is 18.1. The molecule has 0 radical (unpaired) electrons. The summed E-state index contributed by atoms with van der Waals surface area (Å²) in [4.78, 5) is 52.9. The van der Waals surface area contributed by atoms with E-state index in [1.54, 1.807) is 29.0 Å². The van der Waals surface area contributed by atoms with E-state index in [-0.39, 0.29) is 54.3 Å². The number of amides is 3. The summed E-state index contributed by atoms with van der Waals surface area (Å²) >= 11 is 6.33. The molecule has 0 aromatic carbocycles. The van der Waals surface area contributed by atoms with E-state index in [4.69, 9.17) is 16.3 Å². The number of carbonyl (C=O) groups is 3. The zero-order chi connectivity index (χ0) is 24.1. The van der Waals surface area contributed by atoms with Crippen molar-refractivity contribution in [1.29, 1.82) is 0 Å². The van der Waals surface area contributed by atoms with E-state index < -0.39 is 6.04 Å². The van der Waals surface area contributed by atoms with Crippen LogP contribution in [0.25, 0.3) is 11.4 Å². The van der Waals surface area contributed by atoms with Crippen LogP contribution in [0.5, 0.6) is 0 Å². The maximum atomic E-state index is 12.5. The number of halogens is 1. The van der Waals surface area contributed by atoms with Crippen LogP contribution < -0.4 is 5.32 Å². The number of rotatable bonds is 6. The molecule has 1 fully saturated rings. The first-order valence-electron chi connectivity index (χ1n) is 10.2. The number of methoxy groups -OCH3 is 1. The van der Waals surface area contributed by atoms with Crippen LogP contribution >= 0.6 is 11.6 Å². The number of nitrogens with one attached hydrogen (secondary N) is 1. The minimum Gasteiger partial charge on any atom is -0.382 e. The van der Waals surface area contributed by atoms with E-state index >= 15 is 0 Å². The Hall–Kier alpha value is -3.37. The van der Waals surface area contributed by atoms with Crippen molar-refractivity contribution in [1.82, 2.24) is 30.1 Å². The third kappa shape index (κ3) is 5.35. The van der Waals surface area contributed by atoms with Gasteiger partial charge in [-0.3, -0.25) is 14.4 Å². The molecule has 1 aliphatic heterocycles. The van der Waals surface area contributed by atoms with Crippen molar-refractivity contribution < 1.29 is 19.1 Å². The molecule has 3 heterocycles. The van der Waals surface area contributed by atoms with Gasteiger partial charge in [0.2, 0.25) is 11.8 Å². The van der Waals surface area contributed by atoms with Gasteiger partial charge in [-0.25, -0.2) is 15.0 Å². The van der Waals surface area contributed by atoms with Crippen LogP contribution in [-0.2, 0) is 14.3 Å². The molecule has 0 aliphatic carbocycles. The van der Waals surface area contributed by atoms with Crippen LogP contribution in [-0.4, -0.2) is 82.4 Å². The second-order valence-electron chi connectivity index (χ2n) is 7.47. The van der Waals surface area contributed by atoms with Crippen LogP contribution in [0.4, 0.5) is 0 Å². The summed E-state index contributed by atoms with van der Waals surface area (Å²) in [5.41, 5.74) is 1.67. The highest BCUT2D eigenvalue weighted by Crippen LogP contribution is 2.32. The second kappa shape index (κ2) is 10.5. The number of piperazine rings is 1. The molecule has 2 aromatic rings. The summed E-state index contributed by atoms with van der Waals surface area (Å²) in [6.45, 7) is 5.86. The minimum absolute atomic E-state index is 0.148. The molecule has 1 aliphatic rings. The molecule has 10 nitrogen and oxygen atoms in total. The van der Waals surface area contributed by atoms with Crippen LogP contribution in [0.2, 0.25) is 5.15 Å². The van der Waals surface area contributed by atoms with Crippen molar-refractivity contribution >= 4 is 29.3 Å². The third-order valence-electron chi connectivity index (χ3n) is 5.41. The number of hydrogen-bond donors (Lipinski definition) is 1. The zero-order valence-corrected chi connectivity index (χ0v) is 19.4. The van der Waals surface area contributed by atoms with Crippen molar-refractivity contribution in [2.75, 3.05) is 33.9 Å². The number of ether oxygens (including phenoxy) is 1. The highest BCUT2D eigenvalue weighted by atomic mass is 35.5. The summed E-state index contributed by atoms with van der Waals surface area (Å²) in [5.74, 6) is -0.763. The quantitative estimate of drug-likeness (QED) is 0.499. The highest BCUT2D eigenvalue weighted by molar-refractivity contribution is 6.29. The Bertz CT molecular complexity index is 1080. The molecule has 0 bridgehead atoms. The van der Waals surface area contributed by atoms with E-state index in [0.717, 1.165) is 0 Å². The number of carbonyl (C=O) groups excluding carboxylic acids is 3. The molecule has 0 spiro atoms. The molecule has 174 valence electrons. The Morgan fingerprint density at radius 1 is 1.21 bits per heavy atom. The van der Waals surface area contributed by atoms with E-state index in [1.807, 2.05) is 0 Å². The number of pyridine rings is 1. The SMILES string of the molecule is C=CC(=O)N1C[C@H](c2cc(Cl)nc(-c3cc(C(=O)NC)ncn3)c2)N(C(C)=O)C[C@H]1COC. The predicted octanol–water partition coefficient (Wildman–Crippen LogP) is 1.48. The van der Waals surface area contributed by atoms with Crippen molar-refractivity contribution in [3.8, 4) is 11.4 Å². The van der Waals surface area contributed by atoms with Crippen LogP contribution in [0, 0.1) is 0 Å². The molecule has 11 heteroatoms. The minimum atomic E-state index is -0.473. The topological polar surface area (TPSA) is 118 Å². The van der Waals surface area contributed by atoms with Crippen molar-refractivity contribution in [3.05, 3.63) is 53.6 Å². The van der Waals surface area contributed by atoms with Gasteiger partial charge < -0.3 is 19.9 Å². The van der Waals surface area contributed by atoms with Gasteiger partial charge in [0, 0.05) is 34.2 Å². The molecule has 33 heavy (non-hydrogen) atoms. The summed E-state index contributed by atoms with van der Waals surface area (Å²) in [6, 6.07) is 4.12. The molecule has 1 saturated heterocycles. The maximum absolute atomic E-state index is 12.5. The lowest BCUT2D eigenvalue weighted by atomic mass is 9.98. The number of hydrogen-bond acceptors (Lipinski definition) is 7. The van der Waals surface area contributed by atoms with E-state index in [1.165, 1.54) is 32.4 Å². The van der Waals surface area contributed by atoms with Gasteiger partial charge in [-0.1, -0.05) is 18.2 Å². The fourth-order valence-corrected chi connectivity index (χ4v) is 4.05. The molecule has 1 N–H and O–H groups in total. The summed E-state index contributed by atoms with van der Waals surface area (Å²) in [6.07, 6.45) is 2.51. The van der Waals surface area contributed by atoms with E-state index in [0.29, 0.717) is 17.0 Å². The molecule has 2 atom stereocenters. The zero-order valence-electron chi connectivity index (χ0n) is 18.6. The number of aromatic nitrogens is 3. The van der Waals surface area contributed by atoms with E-state index in [2.05, 4.69) is 26.8 Å². The third-order valence-corrected chi connectivity index (χ3v) is 5.60. The van der Waals surface area contributed by atoms with E-state index in [9.17, 15) is 14.4 Å². The first-order valence-corrected chi connectivity index (χ1v) is 10.6. The van der Waals surface area contributed by atoms with Gasteiger partial charge in [0.15, 0.2) is 0 Å². The van der Waals surface area contributed by atoms with Crippen molar-refractivity contribution in [2.24, 2.45) is 0 Å². The molecule has 3 rings (SSSR count). The lowest BCUT2D eigenvalue weighted by molar-refractivity contribution is -0.144. The van der Waals surface area contributed by atoms with Gasteiger partial charge in [-0.2, -0.15) is 0 Å². The predicted molar refractivity (Wildman–Crippen MR) is 121 cm³/mol. The standard InChI is InChI=1S/C22H25ClN6O4/c1-5-21(31)29-10-19(28(13(2)30)9-15(29)11-33-4)14-6-17(27-20(23)7-14)16-8-18(22(32)24-3)26-12-25-16/h5-8,12,15,19H,1,9-11H2,2-4H3,(H,24,32)/t15-,19+/m0/s1. The summed E-state index contributed by atoms with van der Waals surface area (Å²) in [5, 5.41) is 2.70. The smallest absolute Gasteiger partial charge is 0.269 e. The van der Waals surface area contributed by atoms with Crippen LogP contribution in [0.1, 0.15) is 29.0 Å². The van der Waals surface area contributed by atoms with Gasteiger partial charge in [0.05, 0.1) is 30.1 Å². The first kappa shape index (κ1) is 24.3. The fraction of sp³-hybridized carbons (Fsp3) is 0.364. The maximum Gasteiger partial charge on any atom is 0.269 e. The summed E-state index contributed by atoms with van der Waals surface area (Å²) < 4.78 is 5.27. The van der Waals surface area contributed by atoms with Gasteiger partial charge in [-0.05, 0) is 29.8 Å². The van der Waals surface area contributed by atoms with Gasteiger partial charge >= 0.3 is 0 Å². The van der Waals surface area contributed by atoms with Crippen molar-refractivity contribution in [3.63, 3.8) is 0 Å². The Morgan fingerprint density at radius 3 is 2.61 bits per heavy atom. The first-order chi connectivity index (χ1) is 15.8. The lowest BCUT2D eigenvalue weighted by Gasteiger charge is -2.45. The molecular weight excluding hydrogens is 448 g/mol. The molecular formula is C22H25ClN6O4. The molecule has 0 saturated carbocycles. The Morgan fingerprint density at radius 2 is 1.97 bits per heavy atom. The average molecular weight is 473 g/mol. The van der Waals surface area contributed by atoms with Gasteiger partial charge in [0.25, 0.3) is 5.91 Å². The average Bonchev–Trinajstić information content (AvgIpc) is 2.82. The number of nitrogens with zero attached hydrogens (tertiary/aromatic N) is 5. The molecule has 3 amide bonds. The van der Waals surface area contributed by atoms with Gasteiger partial charge in [-0.15, -0.1) is 0 Å². The Kier molecular flexibility index (Phi) is 7.72. The summed E-state index contributed by atoms with van der Waals surface area (Å²) in [7, 11) is 3.05. The monoisotopic (exact) mass is 472 g/mol. The van der Waals surface area contributed by atoms with Crippen LogP contribution in [0.15, 0.2) is 37.2 Å².